The molecule has 0 saturated carbocycles. The number of rotatable bonds is 9. The second kappa shape index (κ2) is 9.26. The van der Waals surface area contributed by atoms with Crippen molar-refractivity contribution < 1.29 is 14.3 Å². The highest BCUT2D eigenvalue weighted by molar-refractivity contribution is 5.76. The van der Waals surface area contributed by atoms with Crippen molar-refractivity contribution in [1.29, 1.82) is 0 Å². The highest BCUT2D eigenvalue weighted by Gasteiger charge is 2.08. The van der Waals surface area contributed by atoms with E-state index >= 15 is 0 Å². The molecule has 1 N–H and O–H groups in total. The van der Waals surface area contributed by atoms with E-state index in [0.717, 1.165) is 35.4 Å². The highest BCUT2D eigenvalue weighted by atomic mass is 16.5. The van der Waals surface area contributed by atoms with Crippen LogP contribution in [0.5, 0.6) is 11.5 Å². The van der Waals surface area contributed by atoms with Crippen molar-refractivity contribution in [3.8, 4) is 11.5 Å². The van der Waals surface area contributed by atoms with E-state index in [0.29, 0.717) is 30.9 Å². The number of nitrogens with zero attached hydrogens (tertiary/aromatic N) is 2. The maximum atomic E-state index is 12.1. The molecule has 3 rings (SSSR count). The van der Waals surface area contributed by atoms with Gasteiger partial charge in [-0.25, -0.2) is 4.98 Å². The zero-order valence-electron chi connectivity index (χ0n) is 16.7. The van der Waals surface area contributed by atoms with Crippen LogP contribution in [-0.2, 0) is 17.8 Å². The van der Waals surface area contributed by atoms with Gasteiger partial charge in [0.05, 0.1) is 25.3 Å². The van der Waals surface area contributed by atoms with Crippen molar-refractivity contribution in [1.82, 2.24) is 14.9 Å². The maximum Gasteiger partial charge on any atom is 0.220 e. The minimum atomic E-state index is 0.0574. The van der Waals surface area contributed by atoms with Crippen LogP contribution in [0, 0.1) is 6.92 Å². The molecule has 3 aromatic rings. The molecule has 0 saturated heterocycles. The van der Waals surface area contributed by atoms with Gasteiger partial charge in [-0.15, -0.1) is 0 Å². The Morgan fingerprint density at radius 3 is 2.68 bits per heavy atom. The smallest absolute Gasteiger partial charge is 0.220 e. The van der Waals surface area contributed by atoms with Crippen LogP contribution >= 0.6 is 0 Å². The Morgan fingerprint density at radius 2 is 1.89 bits per heavy atom. The molecule has 6 heteroatoms. The van der Waals surface area contributed by atoms with Gasteiger partial charge in [0.1, 0.15) is 5.82 Å². The Morgan fingerprint density at radius 1 is 1.11 bits per heavy atom. The molecule has 0 aliphatic carbocycles. The van der Waals surface area contributed by atoms with Crippen molar-refractivity contribution in [3.05, 3.63) is 53.9 Å². The van der Waals surface area contributed by atoms with Crippen molar-refractivity contribution in [2.75, 3.05) is 20.8 Å². The summed E-state index contributed by atoms with van der Waals surface area (Å²) in [5, 5.41) is 3.01. The molecule has 0 spiro atoms. The van der Waals surface area contributed by atoms with Crippen LogP contribution in [0.3, 0.4) is 0 Å². The Labute approximate surface area is 165 Å². The van der Waals surface area contributed by atoms with Gasteiger partial charge in [0, 0.05) is 19.5 Å². The number of benzene rings is 2. The summed E-state index contributed by atoms with van der Waals surface area (Å²) in [6.07, 6.45) is 1.98. The molecule has 0 atom stereocenters. The number of amides is 1. The molecule has 1 heterocycles. The third-order valence-electron chi connectivity index (χ3n) is 4.81. The number of hydrogen-bond donors (Lipinski definition) is 1. The molecule has 2 aromatic carbocycles. The SMILES string of the molecule is COc1ccc(CCC(=O)NCCCn2c(C)nc3ccccc32)cc1OC. The molecule has 28 heavy (non-hydrogen) atoms. The molecule has 1 amide bonds. The summed E-state index contributed by atoms with van der Waals surface area (Å²) in [5.74, 6) is 2.43. The van der Waals surface area contributed by atoms with Gasteiger partial charge in [0.25, 0.3) is 0 Å². The number of aryl methyl sites for hydroxylation is 3. The predicted molar refractivity (Wildman–Crippen MR) is 110 cm³/mol. The fourth-order valence-corrected chi connectivity index (χ4v) is 3.33. The summed E-state index contributed by atoms with van der Waals surface area (Å²) in [6.45, 7) is 3.50. The molecular weight excluding hydrogens is 354 g/mol. The van der Waals surface area contributed by atoms with Crippen LogP contribution in [0.25, 0.3) is 11.0 Å². The first-order chi connectivity index (χ1) is 13.6. The zero-order chi connectivity index (χ0) is 19.9. The third-order valence-corrected chi connectivity index (χ3v) is 4.81. The second-order valence-electron chi connectivity index (χ2n) is 6.69. The van der Waals surface area contributed by atoms with Crippen LogP contribution in [0.15, 0.2) is 42.5 Å². The first kappa shape index (κ1) is 19.7. The van der Waals surface area contributed by atoms with Gasteiger partial charge in [-0.3, -0.25) is 4.79 Å². The van der Waals surface area contributed by atoms with Crippen molar-refractivity contribution in [2.45, 2.75) is 32.7 Å². The Hall–Kier alpha value is -3.02. The summed E-state index contributed by atoms with van der Waals surface area (Å²) in [7, 11) is 3.22. The first-order valence-electron chi connectivity index (χ1n) is 9.52. The third kappa shape index (κ3) is 4.63. The number of imidazole rings is 1. The van der Waals surface area contributed by atoms with E-state index in [4.69, 9.17) is 9.47 Å². The van der Waals surface area contributed by atoms with Crippen molar-refractivity contribution in [2.24, 2.45) is 0 Å². The molecule has 0 radical (unpaired) electrons. The van der Waals surface area contributed by atoms with Gasteiger partial charge in [-0.2, -0.15) is 0 Å². The lowest BCUT2D eigenvalue weighted by Gasteiger charge is -2.10. The average Bonchev–Trinajstić information content (AvgIpc) is 3.04. The van der Waals surface area contributed by atoms with Crippen molar-refractivity contribution >= 4 is 16.9 Å². The topological polar surface area (TPSA) is 65.4 Å². The lowest BCUT2D eigenvalue weighted by Crippen LogP contribution is -2.25. The summed E-state index contributed by atoms with van der Waals surface area (Å²) >= 11 is 0. The Kier molecular flexibility index (Phi) is 6.53. The normalized spacial score (nSPS) is 10.8. The fraction of sp³-hybridized carbons (Fsp3) is 0.364. The van der Waals surface area contributed by atoms with Gasteiger partial charge < -0.3 is 19.4 Å². The lowest BCUT2D eigenvalue weighted by atomic mass is 10.1. The fourth-order valence-electron chi connectivity index (χ4n) is 3.33. The largest absolute Gasteiger partial charge is 0.493 e. The van der Waals surface area contributed by atoms with E-state index in [1.165, 1.54) is 0 Å². The minimum absolute atomic E-state index is 0.0574. The van der Waals surface area contributed by atoms with Crippen LogP contribution < -0.4 is 14.8 Å². The molecule has 1 aromatic heterocycles. The number of carbonyl (C=O) groups is 1. The number of para-hydroxylation sites is 2. The van der Waals surface area contributed by atoms with E-state index in [1.807, 2.05) is 43.3 Å². The number of nitrogens with one attached hydrogen (secondary N) is 1. The molecule has 148 valence electrons. The minimum Gasteiger partial charge on any atom is -0.493 e. The molecule has 0 aliphatic heterocycles. The standard InChI is InChI=1S/C22H27N3O3/c1-16-24-18-7-4-5-8-19(18)25(16)14-6-13-23-22(26)12-10-17-9-11-20(27-2)21(15-17)28-3/h4-5,7-9,11,15H,6,10,12-14H2,1-3H3,(H,23,26). The van der Waals surface area contributed by atoms with E-state index < -0.39 is 0 Å². The molecule has 0 fully saturated rings. The molecular formula is C22H27N3O3. The Balaban J connectivity index is 1.44. The number of aromatic nitrogens is 2. The lowest BCUT2D eigenvalue weighted by molar-refractivity contribution is -0.121. The number of hydrogen-bond acceptors (Lipinski definition) is 4. The van der Waals surface area contributed by atoms with Gasteiger partial charge in [0.15, 0.2) is 11.5 Å². The predicted octanol–water partition coefficient (Wildman–Crippen LogP) is 3.50. The van der Waals surface area contributed by atoms with Crippen LogP contribution in [0.4, 0.5) is 0 Å². The number of ether oxygens (including phenoxy) is 2. The van der Waals surface area contributed by atoms with Gasteiger partial charge in [-0.1, -0.05) is 18.2 Å². The van der Waals surface area contributed by atoms with E-state index in [2.05, 4.69) is 20.9 Å². The van der Waals surface area contributed by atoms with E-state index in [-0.39, 0.29) is 5.91 Å². The number of fused-ring (bicyclic) bond motifs is 1. The van der Waals surface area contributed by atoms with Gasteiger partial charge >= 0.3 is 0 Å². The van der Waals surface area contributed by atoms with Gasteiger partial charge in [-0.05, 0) is 49.6 Å². The quantitative estimate of drug-likeness (QED) is 0.576. The molecule has 0 aliphatic rings. The second-order valence-corrected chi connectivity index (χ2v) is 6.69. The summed E-state index contributed by atoms with van der Waals surface area (Å²) in [4.78, 5) is 16.7. The van der Waals surface area contributed by atoms with Crippen molar-refractivity contribution in [3.63, 3.8) is 0 Å². The van der Waals surface area contributed by atoms with Crippen LogP contribution in [0.2, 0.25) is 0 Å². The first-order valence-corrected chi connectivity index (χ1v) is 9.52. The Bertz CT molecular complexity index is 949. The van der Waals surface area contributed by atoms with Gasteiger partial charge in [0.2, 0.25) is 5.91 Å². The number of methoxy groups -OCH3 is 2. The monoisotopic (exact) mass is 381 g/mol. The molecule has 0 bridgehead atoms. The number of carbonyl (C=O) groups excluding carboxylic acids is 1. The van der Waals surface area contributed by atoms with E-state index in [9.17, 15) is 4.79 Å². The molecule has 6 nitrogen and oxygen atoms in total. The highest BCUT2D eigenvalue weighted by Crippen LogP contribution is 2.27. The average molecular weight is 381 g/mol. The maximum absolute atomic E-state index is 12.1. The summed E-state index contributed by atoms with van der Waals surface area (Å²) in [5.41, 5.74) is 3.20. The summed E-state index contributed by atoms with van der Waals surface area (Å²) in [6, 6.07) is 13.9. The molecule has 0 unspecified atom stereocenters. The zero-order valence-corrected chi connectivity index (χ0v) is 16.7. The van der Waals surface area contributed by atoms with Crippen LogP contribution in [-0.4, -0.2) is 36.2 Å². The summed E-state index contributed by atoms with van der Waals surface area (Å²) < 4.78 is 12.7. The van der Waals surface area contributed by atoms with Crippen LogP contribution in [0.1, 0.15) is 24.2 Å². The van der Waals surface area contributed by atoms with E-state index in [1.54, 1.807) is 14.2 Å².